The average Bonchev–Trinajstić information content (AvgIpc) is 3.17. The highest BCUT2D eigenvalue weighted by molar-refractivity contribution is 7.13. The highest BCUT2D eigenvalue weighted by Crippen LogP contribution is 2.25. The van der Waals surface area contributed by atoms with Crippen molar-refractivity contribution in [3.05, 3.63) is 11.6 Å². The van der Waals surface area contributed by atoms with Gasteiger partial charge in [-0.25, -0.2) is 4.98 Å². The molecule has 3 heterocycles. The smallest absolute Gasteiger partial charge is 0.240 e. The Kier molecular flexibility index (Phi) is 5.41. The van der Waals surface area contributed by atoms with E-state index in [1.165, 1.54) is 11.3 Å². The van der Waals surface area contributed by atoms with Gasteiger partial charge in [0.05, 0.1) is 19.8 Å². The van der Waals surface area contributed by atoms with E-state index in [2.05, 4.69) is 27.0 Å². The second kappa shape index (κ2) is 7.50. The first-order valence-corrected chi connectivity index (χ1v) is 8.87. The van der Waals surface area contributed by atoms with Gasteiger partial charge >= 0.3 is 0 Å². The maximum absolute atomic E-state index is 12.1. The molecule has 1 N–H and O–H groups in total. The van der Waals surface area contributed by atoms with Crippen LogP contribution in [-0.2, 0) is 9.53 Å². The lowest BCUT2D eigenvalue weighted by Crippen LogP contribution is -2.47. The van der Waals surface area contributed by atoms with Crippen LogP contribution in [0.5, 0.6) is 0 Å². The molecule has 1 aromatic heterocycles. The molecule has 0 spiro atoms. The summed E-state index contributed by atoms with van der Waals surface area (Å²) in [4.78, 5) is 21.0. The average molecular weight is 324 g/mol. The largest absolute Gasteiger partial charge is 0.379 e. The van der Waals surface area contributed by atoms with Gasteiger partial charge in [0.15, 0.2) is 5.13 Å². The van der Waals surface area contributed by atoms with Crippen LogP contribution in [0.25, 0.3) is 0 Å². The fourth-order valence-corrected chi connectivity index (χ4v) is 3.99. The number of carbonyl (C=O) groups is 1. The maximum Gasteiger partial charge on any atom is 0.240 e. The summed E-state index contributed by atoms with van der Waals surface area (Å²) < 4.78 is 5.45. The van der Waals surface area contributed by atoms with Gasteiger partial charge in [0.1, 0.15) is 0 Å². The van der Waals surface area contributed by atoms with E-state index in [-0.39, 0.29) is 5.91 Å². The lowest BCUT2D eigenvalue weighted by Gasteiger charge is -2.34. The lowest BCUT2D eigenvalue weighted by atomic mass is 9.99. The van der Waals surface area contributed by atoms with Crippen molar-refractivity contribution in [2.45, 2.75) is 19.4 Å². The van der Waals surface area contributed by atoms with Gasteiger partial charge in [-0.1, -0.05) is 13.3 Å². The summed E-state index contributed by atoms with van der Waals surface area (Å²) >= 11 is 1.45. The fraction of sp³-hybridized carbons (Fsp3) is 0.733. The van der Waals surface area contributed by atoms with Crippen LogP contribution < -0.4 is 5.32 Å². The van der Waals surface area contributed by atoms with Gasteiger partial charge < -0.3 is 10.1 Å². The van der Waals surface area contributed by atoms with Crippen LogP contribution in [0.4, 0.5) is 5.13 Å². The van der Waals surface area contributed by atoms with Crippen molar-refractivity contribution in [3.63, 3.8) is 0 Å². The van der Waals surface area contributed by atoms with Crippen LogP contribution in [0.1, 0.15) is 13.3 Å². The maximum atomic E-state index is 12.1. The first-order valence-electron chi connectivity index (χ1n) is 7.99. The van der Waals surface area contributed by atoms with Crippen molar-refractivity contribution in [3.8, 4) is 0 Å². The van der Waals surface area contributed by atoms with Crippen molar-refractivity contribution in [1.29, 1.82) is 0 Å². The Bertz CT molecular complexity index is 476. The van der Waals surface area contributed by atoms with Crippen molar-refractivity contribution in [1.82, 2.24) is 14.8 Å². The fourth-order valence-electron chi connectivity index (χ4n) is 3.44. The number of anilines is 1. The zero-order valence-electron chi connectivity index (χ0n) is 13.0. The number of nitrogens with one attached hydrogen (secondary N) is 1. The molecule has 1 aromatic rings. The van der Waals surface area contributed by atoms with Gasteiger partial charge in [0.25, 0.3) is 0 Å². The van der Waals surface area contributed by atoms with Crippen LogP contribution in [-0.4, -0.2) is 72.7 Å². The Morgan fingerprint density at radius 1 is 1.45 bits per heavy atom. The van der Waals surface area contributed by atoms with E-state index in [0.29, 0.717) is 23.6 Å². The highest BCUT2D eigenvalue weighted by Gasteiger charge is 2.36. The number of aromatic nitrogens is 1. The summed E-state index contributed by atoms with van der Waals surface area (Å²) in [6, 6.07) is 0.557. The van der Waals surface area contributed by atoms with Gasteiger partial charge in [-0.05, 0) is 5.92 Å². The number of ether oxygens (including phenoxy) is 1. The summed E-state index contributed by atoms with van der Waals surface area (Å²) in [5, 5.41) is 5.42. The van der Waals surface area contributed by atoms with E-state index in [9.17, 15) is 4.79 Å². The van der Waals surface area contributed by atoms with Gasteiger partial charge in [-0.15, -0.1) is 11.3 Å². The molecule has 122 valence electrons. The standard InChI is InChI=1S/C15H24N4O2S/c1-2-12-9-18(10-13(12)19-4-6-21-7-5-19)11-14(20)17-15-16-3-8-22-15/h3,8,12-13H,2,4-7,9-11H2,1H3,(H,16,17,20). The third-order valence-corrected chi connectivity index (χ3v) is 5.26. The quantitative estimate of drug-likeness (QED) is 0.880. The number of amides is 1. The Morgan fingerprint density at radius 3 is 2.95 bits per heavy atom. The number of morpholine rings is 1. The summed E-state index contributed by atoms with van der Waals surface area (Å²) in [5.41, 5.74) is 0. The molecule has 0 aromatic carbocycles. The third-order valence-electron chi connectivity index (χ3n) is 4.57. The van der Waals surface area contributed by atoms with Crippen LogP contribution in [0.2, 0.25) is 0 Å². The third kappa shape index (κ3) is 3.84. The second-order valence-electron chi connectivity index (χ2n) is 5.96. The van der Waals surface area contributed by atoms with E-state index in [1.807, 2.05) is 5.38 Å². The summed E-state index contributed by atoms with van der Waals surface area (Å²) in [5.74, 6) is 0.679. The summed E-state index contributed by atoms with van der Waals surface area (Å²) in [6.07, 6.45) is 2.87. The predicted molar refractivity (Wildman–Crippen MR) is 87.1 cm³/mol. The zero-order valence-corrected chi connectivity index (χ0v) is 13.8. The zero-order chi connectivity index (χ0) is 15.4. The minimum absolute atomic E-state index is 0.0347. The molecule has 0 saturated carbocycles. The first kappa shape index (κ1) is 15.9. The molecule has 0 radical (unpaired) electrons. The minimum atomic E-state index is 0.0347. The number of hydrogen-bond acceptors (Lipinski definition) is 6. The summed E-state index contributed by atoms with van der Waals surface area (Å²) in [7, 11) is 0. The van der Waals surface area contributed by atoms with Gasteiger partial charge in [-0.2, -0.15) is 0 Å². The number of thiazole rings is 1. The number of likely N-dealkylation sites (tertiary alicyclic amines) is 1. The molecule has 2 unspecified atom stereocenters. The predicted octanol–water partition coefficient (Wildman–Crippen LogP) is 1.12. The first-order chi connectivity index (χ1) is 10.8. The molecule has 22 heavy (non-hydrogen) atoms. The molecule has 7 heteroatoms. The lowest BCUT2D eigenvalue weighted by molar-refractivity contribution is -0.117. The Hall–Kier alpha value is -1.02. The van der Waals surface area contributed by atoms with Crippen molar-refractivity contribution in [2.75, 3.05) is 51.3 Å². The molecular formula is C15H24N4O2S. The molecule has 2 aliphatic rings. The molecule has 2 atom stereocenters. The van der Waals surface area contributed by atoms with Crippen molar-refractivity contribution in [2.24, 2.45) is 5.92 Å². The Labute approximate surface area is 135 Å². The summed E-state index contributed by atoms with van der Waals surface area (Å²) in [6.45, 7) is 8.37. The minimum Gasteiger partial charge on any atom is -0.379 e. The number of hydrogen-bond donors (Lipinski definition) is 1. The molecule has 0 bridgehead atoms. The van der Waals surface area contributed by atoms with E-state index in [0.717, 1.165) is 45.8 Å². The van der Waals surface area contributed by atoms with Crippen LogP contribution >= 0.6 is 11.3 Å². The molecule has 1 amide bonds. The molecule has 0 aliphatic carbocycles. The van der Waals surface area contributed by atoms with E-state index in [1.54, 1.807) is 6.20 Å². The van der Waals surface area contributed by atoms with Crippen LogP contribution in [0, 0.1) is 5.92 Å². The van der Waals surface area contributed by atoms with Crippen LogP contribution in [0.3, 0.4) is 0 Å². The van der Waals surface area contributed by atoms with E-state index >= 15 is 0 Å². The highest BCUT2D eigenvalue weighted by atomic mass is 32.1. The SMILES string of the molecule is CCC1CN(CC(=O)Nc2nccs2)CC1N1CCOCC1. The molecule has 6 nitrogen and oxygen atoms in total. The van der Waals surface area contributed by atoms with Crippen molar-refractivity contribution >= 4 is 22.4 Å². The van der Waals surface area contributed by atoms with Gasteiger partial charge in [0.2, 0.25) is 5.91 Å². The van der Waals surface area contributed by atoms with E-state index < -0.39 is 0 Å². The Morgan fingerprint density at radius 2 is 2.27 bits per heavy atom. The number of rotatable bonds is 5. The molecule has 2 aliphatic heterocycles. The Balaban J connectivity index is 1.53. The molecule has 2 saturated heterocycles. The molecular weight excluding hydrogens is 300 g/mol. The molecule has 3 rings (SSSR count). The van der Waals surface area contributed by atoms with Gasteiger partial charge in [-0.3, -0.25) is 14.6 Å². The normalized spacial score (nSPS) is 27.1. The number of nitrogens with zero attached hydrogens (tertiary/aromatic N) is 3. The monoisotopic (exact) mass is 324 g/mol. The van der Waals surface area contributed by atoms with Gasteiger partial charge in [0, 0.05) is 43.8 Å². The number of carbonyl (C=O) groups excluding carboxylic acids is 1. The topological polar surface area (TPSA) is 57.7 Å². The van der Waals surface area contributed by atoms with E-state index in [4.69, 9.17) is 4.74 Å². The van der Waals surface area contributed by atoms with Crippen LogP contribution in [0.15, 0.2) is 11.6 Å². The second-order valence-corrected chi connectivity index (χ2v) is 6.86. The van der Waals surface area contributed by atoms with Crippen molar-refractivity contribution < 1.29 is 9.53 Å². The molecule has 2 fully saturated rings.